The molecule has 19 heavy (non-hydrogen) atoms. The number of amides is 1. The summed E-state index contributed by atoms with van der Waals surface area (Å²) in [4.78, 5) is 11.5. The van der Waals surface area contributed by atoms with Crippen LogP contribution in [0.4, 0.5) is 13.2 Å². The molecule has 0 heterocycles. The molecule has 0 aromatic heterocycles. The van der Waals surface area contributed by atoms with Crippen LogP contribution >= 0.6 is 0 Å². The zero-order chi connectivity index (χ0) is 14.3. The molecule has 0 fully saturated rings. The minimum absolute atomic E-state index is 0.0912. The van der Waals surface area contributed by atoms with Gasteiger partial charge in [-0.1, -0.05) is 24.3 Å². The number of hydrogen-bond acceptors (Lipinski definition) is 1. The van der Waals surface area contributed by atoms with Crippen LogP contribution in [0.15, 0.2) is 36.4 Å². The summed E-state index contributed by atoms with van der Waals surface area (Å²) in [7, 11) is 0. The summed E-state index contributed by atoms with van der Waals surface area (Å²) in [6.07, 6.45) is 0.316. The van der Waals surface area contributed by atoms with E-state index in [0.29, 0.717) is 12.1 Å². The van der Waals surface area contributed by atoms with Gasteiger partial charge in [-0.3, -0.25) is 4.79 Å². The van der Waals surface area contributed by atoms with E-state index in [0.717, 1.165) is 18.6 Å². The normalized spacial score (nSPS) is 11.8. The van der Waals surface area contributed by atoms with Crippen LogP contribution < -0.4 is 5.32 Å². The van der Waals surface area contributed by atoms with Crippen molar-refractivity contribution in [2.75, 3.05) is 6.54 Å². The molecule has 0 aliphatic rings. The maximum Gasteiger partial charge on any atom is 0.416 e. The molecule has 0 atom stereocenters. The Hall–Kier alpha value is -1.78. The highest BCUT2D eigenvalue weighted by molar-refractivity contribution is 5.78. The van der Waals surface area contributed by atoms with Crippen LogP contribution in [0.3, 0.4) is 0 Å². The number of carbonyl (C=O) groups is 1. The van der Waals surface area contributed by atoms with Crippen molar-refractivity contribution >= 4 is 5.91 Å². The zero-order valence-corrected chi connectivity index (χ0v) is 10.6. The van der Waals surface area contributed by atoms with Gasteiger partial charge in [-0.25, -0.2) is 0 Å². The van der Waals surface area contributed by atoms with E-state index in [-0.39, 0.29) is 12.3 Å². The predicted molar refractivity (Wildman–Crippen MR) is 67.6 cm³/mol. The van der Waals surface area contributed by atoms with E-state index in [1.165, 1.54) is 12.1 Å². The highest BCUT2D eigenvalue weighted by Gasteiger charge is 2.29. The Balaban J connectivity index is 2.47. The number of alkyl halides is 3. The molecule has 2 nitrogen and oxygen atoms in total. The van der Waals surface area contributed by atoms with E-state index >= 15 is 0 Å². The maximum absolute atomic E-state index is 12.3. The van der Waals surface area contributed by atoms with E-state index in [1.54, 1.807) is 0 Å². The second kappa shape index (κ2) is 6.97. The topological polar surface area (TPSA) is 29.1 Å². The van der Waals surface area contributed by atoms with E-state index in [4.69, 9.17) is 0 Å². The first kappa shape index (κ1) is 15.3. The molecule has 5 heteroatoms. The van der Waals surface area contributed by atoms with Crippen molar-refractivity contribution in [1.29, 1.82) is 0 Å². The van der Waals surface area contributed by atoms with Crippen molar-refractivity contribution in [3.05, 3.63) is 47.5 Å². The summed E-state index contributed by atoms with van der Waals surface area (Å²) in [5.41, 5.74) is -0.138. The van der Waals surface area contributed by atoms with E-state index in [9.17, 15) is 18.0 Å². The third-order valence-electron chi connectivity index (χ3n) is 2.51. The van der Waals surface area contributed by atoms with Gasteiger partial charge < -0.3 is 5.32 Å². The van der Waals surface area contributed by atoms with Crippen LogP contribution in [0.5, 0.6) is 0 Å². The molecular weight excluding hydrogens is 255 g/mol. The van der Waals surface area contributed by atoms with E-state index in [1.807, 2.05) is 19.1 Å². The quantitative estimate of drug-likeness (QED) is 0.646. The van der Waals surface area contributed by atoms with E-state index in [2.05, 4.69) is 5.32 Å². The van der Waals surface area contributed by atoms with Crippen molar-refractivity contribution in [1.82, 2.24) is 5.32 Å². The number of carbonyl (C=O) groups excluding carboxylic acids is 1. The number of hydrogen-bond donors (Lipinski definition) is 1. The Labute approximate surface area is 110 Å². The Morgan fingerprint density at radius 2 is 1.89 bits per heavy atom. The van der Waals surface area contributed by atoms with Crippen molar-refractivity contribution in [3.63, 3.8) is 0 Å². The summed E-state index contributed by atoms with van der Waals surface area (Å²) in [6, 6.07) is 4.63. The van der Waals surface area contributed by atoms with Crippen LogP contribution in [0.25, 0.3) is 0 Å². The Morgan fingerprint density at radius 3 is 2.42 bits per heavy atom. The third-order valence-corrected chi connectivity index (χ3v) is 2.51. The van der Waals surface area contributed by atoms with Crippen LogP contribution in [0, 0.1) is 0 Å². The molecule has 0 saturated heterocycles. The fraction of sp³-hybridized carbons (Fsp3) is 0.357. The lowest BCUT2D eigenvalue weighted by Crippen LogP contribution is -2.25. The first-order chi connectivity index (χ1) is 8.93. The summed E-state index contributed by atoms with van der Waals surface area (Å²) < 4.78 is 37.0. The lowest BCUT2D eigenvalue weighted by atomic mass is 10.1. The molecule has 0 radical (unpaired) electrons. The molecule has 0 aliphatic heterocycles. The average Bonchev–Trinajstić information content (AvgIpc) is 2.34. The number of nitrogens with one attached hydrogen (secondary N) is 1. The van der Waals surface area contributed by atoms with Gasteiger partial charge in [0.2, 0.25) is 5.91 Å². The van der Waals surface area contributed by atoms with Gasteiger partial charge in [0.1, 0.15) is 0 Å². The summed E-state index contributed by atoms with van der Waals surface area (Å²) in [5, 5.41) is 2.70. The molecule has 0 unspecified atom stereocenters. The lowest BCUT2D eigenvalue weighted by Gasteiger charge is -2.07. The molecule has 1 aromatic carbocycles. The summed E-state index contributed by atoms with van der Waals surface area (Å²) in [5.74, 6) is -0.190. The Kier molecular flexibility index (Phi) is 5.60. The van der Waals surface area contributed by atoms with Gasteiger partial charge in [-0.15, -0.1) is 0 Å². The fourth-order valence-corrected chi connectivity index (χ4v) is 1.52. The van der Waals surface area contributed by atoms with Gasteiger partial charge >= 0.3 is 6.18 Å². The summed E-state index contributed by atoms with van der Waals surface area (Å²) in [6.45, 7) is 2.42. The highest BCUT2D eigenvalue weighted by atomic mass is 19.4. The van der Waals surface area contributed by atoms with Crippen LogP contribution in [-0.4, -0.2) is 12.5 Å². The largest absolute Gasteiger partial charge is 0.416 e. The molecule has 1 rings (SSSR count). The van der Waals surface area contributed by atoms with Crippen LogP contribution in [0.2, 0.25) is 0 Å². The van der Waals surface area contributed by atoms with Crippen molar-refractivity contribution in [2.24, 2.45) is 0 Å². The van der Waals surface area contributed by atoms with Gasteiger partial charge in [0.25, 0.3) is 0 Å². The van der Waals surface area contributed by atoms with Gasteiger partial charge in [-0.2, -0.15) is 13.2 Å². The molecule has 1 N–H and O–H groups in total. The molecule has 0 spiro atoms. The number of halogens is 3. The molecule has 1 amide bonds. The lowest BCUT2D eigenvalue weighted by molar-refractivity contribution is -0.137. The molecule has 0 saturated carbocycles. The molecule has 0 bridgehead atoms. The fourth-order valence-electron chi connectivity index (χ4n) is 1.52. The molecule has 0 aliphatic carbocycles. The third kappa shape index (κ3) is 5.59. The molecular formula is C14H16F3NO. The standard InChI is InChI=1S/C14H16F3NO/c1-2-3-4-9-18-13(19)10-11-5-7-12(8-6-11)14(15,16)17/h2-3,5-8H,4,9-10H2,1H3,(H,18,19)/b3-2+. The average molecular weight is 271 g/mol. The van der Waals surface area contributed by atoms with Crippen molar-refractivity contribution < 1.29 is 18.0 Å². The van der Waals surface area contributed by atoms with Crippen LogP contribution in [0.1, 0.15) is 24.5 Å². The monoisotopic (exact) mass is 271 g/mol. The van der Waals surface area contributed by atoms with Gasteiger partial charge in [0.15, 0.2) is 0 Å². The predicted octanol–water partition coefficient (Wildman–Crippen LogP) is 3.33. The minimum atomic E-state index is -4.34. The number of allylic oxidation sites excluding steroid dienone is 1. The van der Waals surface area contributed by atoms with Crippen molar-refractivity contribution in [3.8, 4) is 0 Å². The Morgan fingerprint density at radius 1 is 1.26 bits per heavy atom. The first-order valence-electron chi connectivity index (χ1n) is 5.97. The smallest absolute Gasteiger partial charge is 0.356 e. The zero-order valence-electron chi connectivity index (χ0n) is 10.6. The van der Waals surface area contributed by atoms with Gasteiger partial charge in [0, 0.05) is 6.54 Å². The molecule has 1 aromatic rings. The number of rotatable bonds is 5. The SMILES string of the molecule is C/C=C/CCNC(=O)Cc1ccc(C(F)(F)F)cc1. The maximum atomic E-state index is 12.3. The summed E-state index contributed by atoms with van der Waals surface area (Å²) >= 11 is 0. The van der Waals surface area contributed by atoms with Crippen LogP contribution in [-0.2, 0) is 17.4 Å². The van der Waals surface area contributed by atoms with Gasteiger partial charge in [-0.05, 0) is 31.0 Å². The number of benzene rings is 1. The molecule has 104 valence electrons. The Bertz CT molecular complexity index is 435. The van der Waals surface area contributed by atoms with Crippen molar-refractivity contribution in [2.45, 2.75) is 25.9 Å². The van der Waals surface area contributed by atoms with E-state index < -0.39 is 11.7 Å². The second-order valence-corrected chi connectivity index (χ2v) is 4.08. The minimum Gasteiger partial charge on any atom is -0.356 e. The highest BCUT2D eigenvalue weighted by Crippen LogP contribution is 2.29. The first-order valence-corrected chi connectivity index (χ1v) is 5.97. The van der Waals surface area contributed by atoms with Gasteiger partial charge in [0.05, 0.1) is 12.0 Å². The second-order valence-electron chi connectivity index (χ2n) is 4.08.